The van der Waals surface area contributed by atoms with Crippen LogP contribution in [-0.2, 0) is 4.57 Å². The van der Waals surface area contributed by atoms with Crippen LogP contribution in [0.3, 0.4) is 0 Å². The van der Waals surface area contributed by atoms with Crippen LogP contribution in [0.25, 0.3) is 0 Å². The fraction of sp³-hybridized carbons (Fsp3) is 0.208. The lowest BCUT2D eigenvalue weighted by Gasteiger charge is -2.22. The topological polar surface area (TPSA) is 43.4 Å². The summed E-state index contributed by atoms with van der Waals surface area (Å²) in [6.45, 7) is 9.61. The standard InChI is InChI=1S/C24H25O3P/c1-16-11-12-22(18(3)13-16)27-28(26,21-9-7-6-8-10-21)24(25)23-19(4)14-17(2)15-20(23)5/h6-15H,1-5H3. The van der Waals surface area contributed by atoms with Gasteiger partial charge >= 0.3 is 7.37 Å². The minimum Gasteiger partial charge on any atom is -0.435 e. The number of hydrogen-bond donors (Lipinski definition) is 0. The van der Waals surface area contributed by atoms with E-state index in [1.807, 2.05) is 65.0 Å². The molecule has 0 N–H and O–H groups in total. The largest absolute Gasteiger partial charge is 0.435 e. The van der Waals surface area contributed by atoms with Gasteiger partial charge in [0.25, 0.3) is 5.52 Å². The Morgan fingerprint density at radius 3 is 1.89 bits per heavy atom. The van der Waals surface area contributed by atoms with Gasteiger partial charge in [-0.1, -0.05) is 53.6 Å². The van der Waals surface area contributed by atoms with Crippen LogP contribution in [0.4, 0.5) is 0 Å². The summed E-state index contributed by atoms with van der Waals surface area (Å²) < 4.78 is 20.2. The molecule has 0 spiro atoms. The third-order valence-corrected chi connectivity index (χ3v) is 7.00. The lowest BCUT2D eigenvalue weighted by Crippen LogP contribution is -2.19. The molecule has 0 saturated heterocycles. The third-order valence-electron chi connectivity index (χ3n) is 4.81. The highest BCUT2D eigenvalue weighted by Crippen LogP contribution is 2.50. The molecule has 1 atom stereocenters. The van der Waals surface area contributed by atoms with E-state index in [-0.39, 0.29) is 0 Å². The van der Waals surface area contributed by atoms with Crippen LogP contribution in [0, 0.1) is 34.6 Å². The summed E-state index contributed by atoms with van der Waals surface area (Å²) in [5, 5.41) is 0.402. The second-order valence-electron chi connectivity index (χ2n) is 7.33. The molecular formula is C24H25O3P. The average molecular weight is 392 g/mol. The molecule has 3 rings (SSSR count). The van der Waals surface area contributed by atoms with E-state index < -0.39 is 12.9 Å². The summed E-state index contributed by atoms with van der Waals surface area (Å²) in [5.41, 5.74) is 4.62. The van der Waals surface area contributed by atoms with Crippen molar-refractivity contribution in [2.75, 3.05) is 0 Å². The summed E-state index contributed by atoms with van der Waals surface area (Å²) >= 11 is 0. The summed E-state index contributed by atoms with van der Waals surface area (Å²) in [5.74, 6) is 0.466. The molecule has 3 nitrogen and oxygen atoms in total. The van der Waals surface area contributed by atoms with Crippen molar-refractivity contribution >= 4 is 18.2 Å². The van der Waals surface area contributed by atoms with Gasteiger partial charge < -0.3 is 4.52 Å². The summed E-state index contributed by atoms with van der Waals surface area (Å²) in [4.78, 5) is 13.6. The van der Waals surface area contributed by atoms with Gasteiger partial charge in [0, 0.05) is 5.56 Å². The molecule has 0 fully saturated rings. The van der Waals surface area contributed by atoms with Crippen molar-refractivity contribution < 1.29 is 13.9 Å². The molecule has 28 heavy (non-hydrogen) atoms. The van der Waals surface area contributed by atoms with Gasteiger partial charge in [0.2, 0.25) is 0 Å². The Morgan fingerprint density at radius 2 is 1.32 bits per heavy atom. The van der Waals surface area contributed by atoms with Crippen molar-refractivity contribution in [2.45, 2.75) is 34.6 Å². The number of rotatable bonds is 5. The Hall–Kier alpha value is -2.64. The Morgan fingerprint density at radius 1 is 0.750 bits per heavy atom. The van der Waals surface area contributed by atoms with Crippen LogP contribution < -0.4 is 9.83 Å². The van der Waals surface area contributed by atoms with Crippen molar-refractivity contribution in [3.63, 3.8) is 0 Å². The van der Waals surface area contributed by atoms with Crippen LogP contribution in [0.5, 0.6) is 5.75 Å². The SMILES string of the molecule is Cc1ccc(OP(=O)(C(=O)c2c(C)cc(C)cc2C)c2ccccc2)c(C)c1. The van der Waals surface area contributed by atoms with Gasteiger partial charge in [0.15, 0.2) is 0 Å². The Kier molecular flexibility index (Phi) is 5.58. The van der Waals surface area contributed by atoms with E-state index in [9.17, 15) is 9.36 Å². The molecule has 0 radical (unpaired) electrons. The van der Waals surface area contributed by atoms with E-state index in [0.29, 0.717) is 16.6 Å². The van der Waals surface area contributed by atoms with Crippen molar-refractivity contribution in [1.29, 1.82) is 0 Å². The molecule has 4 heteroatoms. The van der Waals surface area contributed by atoms with Crippen molar-refractivity contribution in [3.05, 3.63) is 94.0 Å². The smallest absolute Gasteiger partial charge is 0.346 e. The van der Waals surface area contributed by atoms with E-state index in [1.165, 1.54) is 0 Å². The van der Waals surface area contributed by atoms with Gasteiger partial charge in [-0.25, -0.2) is 0 Å². The van der Waals surface area contributed by atoms with Crippen LogP contribution in [-0.4, -0.2) is 5.52 Å². The first-order chi connectivity index (χ1) is 13.2. The molecule has 0 saturated carbocycles. The lowest BCUT2D eigenvalue weighted by atomic mass is 10.0. The summed E-state index contributed by atoms with van der Waals surface area (Å²) in [6.07, 6.45) is 0. The molecule has 144 valence electrons. The molecule has 0 bridgehead atoms. The first kappa shape index (κ1) is 20.1. The molecule has 3 aromatic carbocycles. The number of carbonyl (C=O) groups excluding carboxylic acids is 1. The van der Waals surface area contributed by atoms with Gasteiger partial charge in [-0.15, -0.1) is 0 Å². The predicted molar refractivity (Wildman–Crippen MR) is 115 cm³/mol. The molecule has 0 heterocycles. The number of hydrogen-bond acceptors (Lipinski definition) is 3. The van der Waals surface area contributed by atoms with Gasteiger partial charge in [0.1, 0.15) is 5.75 Å². The maximum atomic E-state index is 14.1. The first-order valence-electron chi connectivity index (χ1n) is 9.27. The molecule has 0 aromatic heterocycles. The van der Waals surface area contributed by atoms with E-state index in [0.717, 1.165) is 27.8 Å². The van der Waals surface area contributed by atoms with Gasteiger partial charge in [-0.3, -0.25) is 9.36 Å². The van der Waals surface area contributed by atoms with Gasteiger partial charge in [-0.05, 0) is 69.5 Å². The first-order valence-corrected chi connectivity index (χ1v) is 10.9. The third kappa shape index (κ3) is 3.81. The second-order valence-corrected chi connectivity index (χ2v) is 9.53. The zero-order valence-corrected chi connectivity index (χ0v) is 17.8. The van der Waals surface area contributed by atoms with E-state index in [2.05, 4.69) is 0 Å². The minimum absolute atomic E-state index is 0.402. The van der Waals surface area contributed by atoms with E-state index in [1.54, 1.807) is 30.3 Å². The maximum absolute atomic E-state index is 14.1. The number of aryl methyl sites for hydroxylation is 5. The van der Waals surface area contributed by atoms with Crippen molar-refractivity contribution in [1.82, 2.24) is 0 Å². The quantitative estimate of drug-likeness (QED) is 0.496. The van der Waals surface area contributed by atoms with Crippen LogP contribution in [0.15, 0.2) is 60.7 Å². The Labute approximate surface area is 166 Å². The Bertz CT molecular complexity index is 1060. The zero-order chi connectivity index (χ0) is 20.5. The van der Waals surface area contributed by atoms with Crippen LogP contribution >= 0.6 is 7.37 Å². The highest BCUT2D eigenvalue weighted by atomic mass is 31.2. The fourth-order valence-electron chi connectivity index (χ4n) is 3.54. The number of benzene rings is 3. The molecule has 0 aliphatic heterocycles. The van der Waals surface area contributed by atoms with Crippen molar-refractivity contribution in [2.24, 2.45) is 0 Å². The molecule has 1 unspecified atom stereocenters. The Balaban J connectivity index is 2.18. The van der Waals surface area contributed by atoms with Gasteiger partial charge in [0.05, 0.1) is 5.30 Å². The zero-order valence-electron chi connectivity index (χ0n) is 16.9. The highest BCUT2D eigenvalue weighted by molar-refractivity contribution is 7.83. The number of carbonyl (C=O) groups is 1. The minimum atomic E-state index is -3.86. The molecular weight excluding hydrogens is 367 g/mol. The van der Waals surface area contributed by atoms with Crippen LogP contribution in [0.1, 0.15) is 38.2 Å². The normalized spacial score (nSPS) is 13.0. The molecule has 3 aromatic rings. The second kappa shape index (κ2) is 7.77. The van der Waals surface area contributed by atoms with Crippen molar-refractivity contribution in [3.8, 4) is 5.75 Å². The molecule has 0 aliphatic rings. The van der Waals surface area contributed by atoms with E-state index in [4.69, 9.17) is 4.52 Å². The molecule has 0 amide bonds. The van der Waals surface area contributed by atoms with E-state index >= 15 is 0 Å². The van der Waals surface area contributed by atoms with Crippen LogP contribution in [0.2, 0.25) is 0 Å². The predicted octanol–water partition coefficient (Wildman–Crippen LogP) is 6.05. The maximum Gasteiger partial charge on any atom is 0.346 e. The lowest BCUT2D eigenvalue weighted by molar-refractivity contribution is 0.106. The summed E-state index contributed by atoms with van der Waals surface area (Å²) in [6, 6.07) is 18.3. The highest BCUT2D eigenvalue weighted by Gasteiger charge is 2.39. The monoisotopic (exact) mass is 392 g/mol. The average Bonchev–Trinajstić information content (AvgIpc) is 2.63. The fourth-order valence-corrected chi connectivity index (χ4v) is 5.66. The molecule has 0 aliphatic carbocycles. The van der Waals surface area contributed by atoms with Gasteiger partial charge in [-0.2, -0.15) is 0 Å². The summed E-state index contributed by atoms with van der Waals surface area (Å²) in [7, 11) is -3.86.